The molecule has 0 bridgehead atoms. The van der Waals surface area contributed by atoms with E-state index < -0.39 is 17.1 Å². The second kappa shape index (κ2) is 5.53. The van der Waals surface area contributed by atoms with Crippen LogP contribution in [0.15, 0.2) is 47.6 Å². The highest BCUT2D eigenvalue weighted by Gasteiger charge is 2.53. The quantitative estimate of drug-likeness (QED) is 0.708. The lowest BCUT2D eigenvalue weighted by Gasteiger charge is -2.31. The second-order valence-electron chi connectivity index (χ2n) is 7.96. The second-order valence-corrected chi connectivity index (χ2v) is 7.96. The number of aromatic amines is 1. The molecule has 0 unspecified atom stereocenters. The maximum absolute atomic E-state index is 14.0. The van der Waals surface area contributed by atoms with Crippen LogP contribution < -0.4 is 5.43 Å². The number of halogens is 1. The number of hydrogen-bond donors (Lipinski definition) is 2. The van der Waals surface area contributed by atoms with E-state index in [1.54, 1.807) is 4.90 Å². The highest BCUT2D eigenvalue weighted by molar-refractivity contribution is 6.21. The van der Waals surface area contributed by atoms with Crippen molar-refractivity contribution in [2.24, 2.45) is 5.10 Å². The van der Waals surface area contributed by atoms with Crippen LogP contribution in [0.5, 0.6) is 0 Å². The van der Waals surface area contributed by atoms with Crippen molar-refractivity contribution in [1.29, 1.82) is 0 Å². The van der Waals surface area contributed by atoms with E-state index in [-0.39, 0.29) is 11.5 Å². The number of aromatic nitrogens is 1. The van der Waals surface area contributed by atoms with Gasteiger partial charge in [0.1, 0.15) is 5.82 Å². The molecule has 1 saturated carbocycles. The Morgan fingerprint density at radius 3 is 2.69 bits per heavy atom. The first-order valence-electron chi connectivity index (χ1n) is 9.63. The Kier molecular flexibility index (Phi) is 3.14. The summed E-state index contributed by atoms with van der Waals surface area (Å²) in [5.41, 5.74) is 6.08. The highest BCUT2D eigenvalue weighted by atomic mass is 19.1. The minimum absolute atomic E-state index is 0.0673. The molecule has 1 fully saturated rings. The van der Waals surface area contributed by atoms with Gasteiger partial charge in [-0.2, -0.15) is 5.10 Å². The molecule has 2 N–H and O–H groups in total. The summed E-state index contributed by atoms with van der Waals surface area (Å²) in [6.45, 7) is 0.691. The van der Waals surface area contributed by atoms with Crippen LogP contribution in [0.3, 0.4) is 0 Å². The largest absolute Gasteiger partial charge is 0.356 e. The fourth-order valence-electron chi connectivity index (χ4n) is 4.70. The molecule has 7 heteroatoms. The Labute approximate surface area is 165 Å². The van der Waals surface area contributed by atoms with Crippen LogP contribution >= 0.6 is 0 Å². The monoisotopic (exact) mass is 388 g/mol. The maximum atomic E-state index is 14.0. The summed E-state index contributed by atoms with van der Waals surface area (Å²) < 4.78 is 14.0. The Morgan fingerprint density at radius 2 is 1.93 bits per heavy atom. The lowest BCUT2D eigenvalue weighted by molar-refractivity contribution is -0.134. The third kappa shape index (κ3) is 2.24. The Bertz CT molecular complexity index is 1240. The van der Waals surface area contributed by atoms with Gasteiger partial charge >= 0.3 is 0 Å². The maximum Gasteiger partial charge on any atom is 0.272 e. The summed E-state index contributed by atoms with van der Waals surface area (Å²) in [6, 6.07) is 12.5. The van der Waals surface area contributed by atoms with Crippen molar-refractivity contribution < 1.29 is 14.0 Å². The number of nitrogens with one attached hydrogen (secondary N) is 2. The molecule has 6 nitrogen and oxygen atoms in total. The molecule has 3 aliphatic rings. The fourth-order valence-corrected chi connectivity index (χ4v) is 4.70. The van der Waals surface area contributed by atoms with Crippen LogP contribution in [-0.2, 0) is 16.8 Å². The van der Waals surface area contributed by atoms with Gasteiger partial charge in [-0.3, -0.25) is 9.59 Å². The van der Waals surface area contributed by atoms with Gasteiger partial charge in [0, 0.05) is 16.6 Å². The Hall–Kier alpha value is -3.48. The number of H-pyrrole nitrogens is 1. The predicted molar refractivity (Wildman–Crippen MR) is 105 cm³/mol. The first-order chi connectivity index (χ1) is 14.1. The SMILES string of the molecule is O=C1NN=C2CN(C(=O)C3(c4ccccc4)CC3)Cc3[nH]c4cc(F)cc1c4c32. The summed E-state index contributed by atoms with van der Waals surface area (Å²) in [7, 11) is 0. The van der Waals surface area contributed by atoms with Crippen LogP contribution in [-0.4, -0.2) is 34.0 Å². The molecule has 0 spiro atoms. The molecule has 29 heavy (non-hydrogen) atoms. The third-order valence-electron chi connectivity index (χ3n) is 6.23. The summed E-state index contributed by atoms with van der Waals surface area (Å²) in [4.78, 5) is 30.9. The van der Waals surface area contributed by atoms with Gasteiger partial charge < -0.3 is 9.88 Å². The van der Waals surface area contributed by atoms with Gasteiger partial charge in [-0.05, 0) is 30.5 Å². The summed E-state index contributed by atoms with van der Waals surface area (Å²) >= 11 is 0. The van der Waals surface area contributed by atoms with E-state index in [4.69, 9.17) is 0 Å². The summed E-state index contributed by atoms with van der Waals surface area (Å²) in [6.07, 6.45) is 1.65. The molecule has 2 aromatic carbocycles. The van der Waals surface area contributed by atoms with Gasteiger partial charge in [-0.1, -0.05) is 30.3 Å². The molecule has 2 amide bonds. The van der Waals surface area contributed by atoms with E-state index in [0.29, 0.717) is 29.7 Å². The Morgan fingerprint density at radius 1 is 1.14 bits per heavy atom. The van der Waals surface area contributed by atoms with Crippen LogP contribution in [0.2, 0.25) is 0 Å². The third-order valence-corrected chi connectivity index (χ3v) is 6.23. The molecule has 144 valence electrons. The zero-order chi connectivity index (χ0) is 19.8. The van der Waals surface area contributed by atoms with E-state index in [1.807, 2.05) is 30.3 Å². The predicted octanol–water partition coefficient (Wildman–Crippen LogP) is 2.83. The first-order valence-corrected chi connectivity index (χ1v) is 9.63. The van der Waals surface area contributed by atoms with E-state index >= 15 is 0 Å². The minimum Gasteiger partial charge on any atom is -0.356 e. The van der Waals surface area contributed by atoms with Crippen molar-refractivity contribution in [3.05, 3.63) is 70.7 Å². The molecule has 1 aromatic heterocycles. The average Bonchev–Trinajstić information content (AvgIpc) is 3.48. The van der Waals surface area contributed by atoms with Crippen molar-refractivity contribution in [2.75, 3.05) is 6.54 Å². The van der Waals surface area contributed by atoms with E-state index in [1.165, 1.54) is 12.1 Å². The first kappa shape index (κ1) is 16.5. The number of nitrogens with zero attached hydrogens (tertiary/aromatic N) is 2. The van der Waals surface area contributed by atoms with Crippen molar-refractivity contribution in [3.63, 3.8) is 0 Å². The molecule has 3 aromatic rings. The average molecular weight is 388 g/mol. The van der Waals surface area contributed by atoms with Crippen molar-refractivity contribution >= 4 is 28.4 Å². The lowest BCUT2D eigenvalue weighted by atomic mass is 9.92. The zero-order valence-corrected chi connectivity index (χ0v) is 15.5. The van der Waals surface area contributed by atoms with E-state index in [2.05, 4.69) is 15.5 Å². The molecule has 0 radical (unpaired) electrons. The van der Waals surface area contributed by atoms with Gasteiger partial charge in [-0.15, -0.1) is 0 Å². The van der Waals surface area contributed by atoms with Crippen LogP contribution in [0.1, 0.15) is 40.0 Å². The van der Waals surface area contributed by atoms with Crippen LogP contribution in [0, 0.1) is 5.82 Å². The lowest BCUT2D eigenvalue weighted by Crippen LogP contribution is -2.45. The Balaban J connectivity index is 1.45. The molecular formula is C22H17FN4O2. The van der Waals surface area contributed by atoms with Gasteiger partial charge in [0.05, 0.1) is 35.3 Å². The van der Waals surface area contributed by atoms with E-state index in [0.717, 1.165) is 29.7 Å². The van der Waals surface area contributed by atoms with Crippen LogP contribution in [0.25, 0.3) is 10.9 Å². The molecular weight excluding hydrogens is 371 g/mol. The van der Waals surface area contributed by atoms with Crippen molar-refractivity contribution in [2.45, 2.75) is 24.8 Å². The van der Waals surface area contributed by atoms with Crippen LogP contribution in [0.4, 0.5) is 4.39 Å². The fraction of sp³-hybridized carbons (Fsp3) is 0.227. The van der Waals surface area contributed by atoms with E-state index in [9.17, 15) is 14.0 Å². The number of hydrogen-bond acceptors (Lipinski definition) is 3. The van der Waals surface area contributed by atoms with Gasteiger partial charge in [-0.25, -0.2) is 9.82 Å². The molecule has 6 rings (SSSR count). The van der Waals surface area contributed by atoms with Gasteiger partial charge in [0.15, 0.2) is 0 Å². The molecule has 0 atom stereocenters. The highest BCUT2D eigenvalue weighted by Crippen LogP contribution is 2.50. The summed E-state index contributed by atoms with van der Waals surface area (Å²) in [5, 5.41) is 4.94. The number of hydrazone groups is 1. The molecule has 1 aliphatic carbocycles. The van der Waals surface area contributed by atoms with Crippen molar-refractivity contribution in [3.8, 4) is 0 Å². The standard InChI is InChI=1S/C22H17FN4O2/c23-13-8-14-18-15(9-13)24-16-10-27(11-17(19(16)18)25-26-20(14)28)21(29)22(6-7-22)12-4-2-1-3-5-12/h1-5,8-9,24H,6-7,10-11H2,(H,26,28). The molecule has 2 aliphatic heterocycles. The van der Waals surface area contributed by atoms with Gasteiger partial charge in [0.25, 0.3) is 5.91 Å². The minimum atomic E-state index is -0.487. The molecule has 0 saturated heterocycles. The molecule has 3 heterocycles. The number of carbonyl (C=O) groups excluding carboxylic acids is 2. The van der Waals surface area contributed by atoms with Crippen molar-refractivity contribution in [1.82, 2.24) is 15.3 Å². The number of rotatable bonds is 2. The number of carbonyl (C=O) groups is 2. The number of amides is 2. The number of benzene rings is 2. The van der Waals surface area contributed by atoms with Gasteiger partial charge in [0.2, 0.25) is 5.91 Å². The smallest absolute Gasteiger partial charge is 0.272 e. The zero-order valence-electron chi connectivity index (χ0n) is 15.5. The summed E-state index contributed by atoms with van der Waals surface area (Å²) in [5.74, 6) is -0.865. The topological polar surface area (TPSA) is 77.6 Å². The normalized spacial score (nSPS) is 18.9.